The van der Waals surface area contributed by atoms with Crippen molar-refractivity contribution in [1.82, 2.24) is 4.98 Å². The SMILES string of the molecule is O=C(Cl)c1nc(C(F)F)c(OC(F)(F)F)cc1CBr. The summed E-state index contributed by atoms with van der Waals surface area (Å²) in [5.41, 5.74) is -1.95. The zero-order valence-corrected chi connectivity index (χ0v) is 11.1. The lowest BCUT2D eigenvalue weighted by Crippen LogP contribution is -2.19. The van der Waals surface area contributed by atoms with Gasteiger partial charge in [0.05, 0.1) is 0 Å². The molecule has 0 aromatic carbocycles. The van der Waals surface area contributed by atoms with E-state index >= 15 is 0 Å². The Morgan fingerprint density at radius 1 is 1.47 bits per heavy atom. The summed E-state index contributed by atoms with van der Waals surface area (Å²) in [7, 11) is 0. The van der Waals surface area contributed by atoms with Crippen LogP contribution < -0.4 is 4.74 Å². The maximum absolute atomic E-state index is 12.6. The molecule has 0 aliphatic carbocycles. The number of nitrogens with zero attached hydrogens (tertiary/aromatic N) is 1. The standard InChI is InChI=1S/C9H4BrClF5NO2/c10-2-3-1-4(19-9(14,15)16)6(8(12)13)17-5(3)7(11)18/h1,8H,2H2. The Morgan fingerprint density at radius 2 is 2.05 bits per heavy atom. The summed E-state index contributed by atoms with van der Waals surface area (Å²) in [4.78, 5) is 14.1. The number of carbonyl (C=O) groups excluding carboxylic acids is 1. The third-order valence-electron chi connectivity index (χ3n) is 1.86. The van der Waals surface area contributed by atoms with Gasteiger partial charge in [0.1, 0.15) is 11.4 Å². The van der Waals surface area contributed by atoms with E-state index in [2.05, 4.69) is 25.7 Å². The topological polar surface area (TPSA) is 39.2 Å². The van der Waals surface area contributed by atoms with Crippen molar-refractivity contribution in [3.8, 4) is 5.75 Å². The number of rotatable bonds is 4. The van der Waals surface area contributed by atoms with Crippen LogP contribution in [0, 0.1) is 0 Å². The molecule has 0 spiro atoms. The van der Waals surface area contributed by atoms with E-state index in [1.807, 2.05) is 0 Å². The Bertz CT molecular complexity index is 494. The van der Waals surface area contributed by atoms with Crippen LogP contribution in [0.1, 0.15) is 28.2 Å². The van der Waals surface area contributed by atoms with Crippen molar-refractivity contribution in [1.29, 1.82) is 0 Å². The van der Waals surface area contributed by atoms with E-state index in [0.29, 0.717) is 6.07 Å². The first-order chi connectivity index (χ1) is 8.65. The molecule has 1 heterocycles. The van der Waals surface area contributed by atoms with Crippen LogP contribution in [0.25, 0.3) is 0 Å². The Balaban J connectivity index is 3.40. The summed E-state index contributed by atoms with van der Waals surface area (Å²) in [6, 6.07) is 0.645. The van der Waals surface area contributed by atoms with Crippen molar-refractivity contribution < 1.29 is 31.5 Å². The fraction of sp³-hybridized carbons (Fsp3) is 0.333. The lowest BCUT2D eigenvalue weighted by Gasteiger charge is -2.14. The molecular weight excluding hydrogens is 364 g/mol. The quantitative estimate of drug-likeness (QED) is 0.454. The van der Waals surface area contributed by atoms with Gasteiger partial charge in [-0.3, -0.25) is 4.79 Å². The van der Waals surface area contributed by atoms with Crippen LogP contribution in [0.5, 0.6) is 5.75 Å². The molecule has 1 rings (SSSR count). The number of carbonyl (C=O) groups is 1. The highest BCUT2D eigenvalue weighted by molar-refractivity contribution is 9.08. The van der Waals surface area contributed by atoms with Crippen LogP contribution in [0.2, 0.25) is 0 Å². The Labute approximate surface area is 116 Å². The van der Waals surface area contributed by atoms with Crippen molar-refractivity contribution in [2.24, 2.45) is 0 Å². The molecule has 3 nitrogen and oxygen atoms in total. The molecule has 0 atom stereocenters. The predicted molar refractivity (Wildman–Crippen MR) is 58.7 cm³/mol. The van der Waals surface area contributed by atoms with Crippen LogP contribution in [0.3, 0.4) is 0 Å². The number of pyridine rings is 1. The highest BCUT2D eigenvalue weighted by Gasteiger charge is 2.34. The second-order valence-electron chi connectivity index (χ2n) is 3.14. The normalized spacial score (nSPS) is 11.8. The van der Waals surface area contributed by atoms with Gasteiger partial charge < -0.3 is 4.74 Å². The van der Waals surface area contributed by atoms with E-state index in [0.717, 1.165) is 0 Å². The molecule has 0 aliphatic rings. The van der Waals surface area contributed by atoms with Gasteiger partial charge in [-0.25, -0.2) is 13.8 Å². The van der Waals surface area contributed by atoms with Gasteiger partial charge in [0.25, 0.3) is 11.7 Å². The number of hydrogen-bond acceptors (Lipinski definition) is 3. The molecule has 0 saturated carbocycles. The molecule has 0 fully saturated rings. The minimum atomic E-state index is -5.15. The van der Waals surface area contributed by atoms with Gasteiger partial charge in [0.15, 0.2) is 5.75 Å². The molecule has 1 aromatic rings. The molecular formula is C9H4BrClF5NO2. The van der Waals surface area contributed by atoms with Gasteiger partial charge in [0, 0.05) is 5.33 Å². The van der Waals surface area contributed by atoms with Gasteiger partial charge in [-0.05, 0) is 23.2 Å². The zero-order valence-electron chi connectivity index (χ0n) is 8.77. The van der Waals surface area contributed by atoms with E-state index in [1.165, 1.54) is 0 Å². The molecule has 0 unspecified atom stereocenters. The van der Waals surface area contributed by atoms with Crippen LogP contribution in [-0.4, -0.2) is 16.6 Å². The van der Waals surface area contributed by atoms with Gasteiger partial charge in [0.2, 0.25) is 0 Å². The number of halogens is 7. The number of aromatic nitrogens is 1. The molecule has 0 N–H and O–H groups in total. The summed E-state index contributed by atoms with van der Waals surface area (Å²) in [5.74, 6) is -1.17. The average molecular weight is 368 g/mol. The van der Waals surface area contributed by atoms with Crippen LogP contribution in [0.15, 0.2) is 6.07 Å². The average Bonchev–Trinajstić information content (AvgIpc) is 2.25. The van der Waals surface area contributed by atoms with E-state index < -0.39 is 35.2 Å². The molecule has 106 valence electrons. The van der Waals surface area contributed by atoms with Gasteiger partial charge in [-0.15, -0.1) is 13.2 Å². The smallest absolute Gasteiger partial charge is 0.404 e. The summed E-state index contributed by atoms with van der Waals surface area (Å²) in [6.07, 6.45) is -8.50. The van der Waals surface area contributed by atoms with Crippen molar-refractivity contribution in [3.63, 3.8) is 0 Å². The minimum Gasteiger partial charge on any atom is -0.404 e. The Hall–Kier alpha value is -0.960. The second kappa shape index (κ2) is 6.00. The van der Waals surface area contributed by atoms with Crippen molar-refractivity contribution in [3.05, 3.63) is 23.0 Å². The largest absolute Gasteiger partial charge is 0.573 e. The molecule has 0 aliphatic heterocycles. The third kappa shape index (κ3) is 4.27. The van der Waals surface area contributed by atoms with Crippen molar-refractivity contribution >= 4 is 32.8 Å². The summed E-state index contributed by atoms with van der Waals surface area (Å²) < 4.78 is 64.9. The highest BCUT2D eigenvalue weighted by Crippen LogP contribution is 2.34. The Kier molecular flexibility index (Phi) is 5.08. The molecule has 0 saturated heterocycles. The highest BCUT2D eigenvalue weighted by atomic mass is 79.9. The molecule has 1 aromatic heterocycles. The summed E-state index contributed by atoms with van der Waals surface area (Å²) in [6.45, 7) is 0. The molecule has 0 bridgehead atoms. The molecule has 19 heavy (non-hydrogen) atoms. The monoisotopic (exact) mass is 367 g/mol. The first-order valence-electron chi connectivity index (χ1n) is 4.49. The summed E-state index contributed by atoms with van der Waals surface area (Å²) >= 11 is 8.00. The maximum Gasteiger partial charge on any atom is 0.573 e. The zero-order chi connectivity index (χ0) is 14.8. The van der Waals surface area contributed by atoms with Gasteiger partial charge in [-0.2, -0.15) is 0 Å². The first kappa shape index (κ1) is 16.1. The maximum atomic E-state index is 12.6. The van der Waals surface area contributed by atoms with Crippen molar-refractivity contribution in [2.45, 2.75) is 18.1 Å². The summed E-state index contributed by atoms with van der Waals surface area (Å²) in [5, 5.41) is -1.26. The van der Waals surface area contributed by atoms with E-state index in [-0.39, 0.29) is 10.9 Å². The van der Waals surface area contributed by atoms with Crippen LogP contribution in [-0.2, 0) is 5.33 Å². The second-order valence-corrected chi connectivity index (χ2v) is 4.04. The van der Waals surface area contributed by atoms with Crippen molar-refractivity contribution in [2.75, 3.05) is 0 Å². The lowest BCUT2D eigenvalue weighted by atomic mass is 10.2. The van der Waals surface area contributed by atoms with Crippen LogP contribution in [0.4, 0.5) is 22.0 Å². The van der Waals surface area contributed by atoms with E-state index in [1.54, 1.807) is 0 Å². The Morgan fingerprint density at radius 3 is 2.42 bits per heavy atom. The van der Waals surface area contributed by atoms with Gasteiger partial charge >= 0.3 is 6.36 Å². The van der Waals surface area contributed by atoms with E-state index in [4.69, 9.17) is 11.6 Å². The van der Waals surface area contributed by atoms with Gasteiger partial charge in [-0.1, -0.05) is 15.9 Å². The number of ether oxygens (including phenoxy) is 1. The molecule has 0 amide bonds. The number of hydrogen-bond donors (Lipinski definition) is 0. The predicted octanol–water partition coefficient (Wildman–Crippen LogP) is 4.19. The third-order valence-corrected chi connectivity index (χ3v) is 2.64. The fourth-order valence-corrected chi connectivity index (χ4v) is 1.77. The fourth-order valence-electron chi connectivity index (χ4n) is 1.18. The molecule has 10 heteroatoms. The first-order valence-corrected chi connectivity index (χ1v) is 5.99. The minimum absolute atomic E-state index is 0.0938. The number of alkyl halides is 6. The lowest BCUT2D eigenvalue weighted by molar-refractivity contribution is -0.275. The molecule has 0 radical (unpaired) electrons. The van der Waals surface area contributed by atoms with Crippen LogP contribution >= 0.6 is 27.5 Å². The van der Waals surface area contributed by atoms with E-state index in [9.17, 15) is 26.7 Å².